The minimum absolute atomic E-state index is 0.0959. The number of rotatable bonds is 11. The number of carbonyl (C=O) groups excluding carboxylic acids is 1. The van der Waals surface area contributed by atoms with Crippen molar-refractivity contribution in [3.05, 3.63) is 42.4 Å². The normalized spacial score (nSPS) is 16.9. The van der Waals surface area contributed by atoms with Crippen molar-refractivity contribution >= 4 is 17.8 Å². The second-order valence-electron chi connectivity index (χ2n) is 8.57. The molecular formula is C24H30N2O6. The van der Waals surface area contributed by atoms with Crippen LogP contribution in [0.15, 0.2) is 40.9 Å². The summed E-state index contributed by atoms with van der Waals surface area (Å²) < 4.78 is 5.71. The molecule has 32 heavy (non-hydrogen) atoms. The Labute approximate surface area is 187 Å². The highest BCUT2D eigenvalue weighted by Gasteiger charge is 2.45. The monoisotopic (exact) mass is 442 g/mol. The quantitative estimate of drug-likeness (QED) is 0.481. The summed E-state index contributed by atoms with van der Waals surface area (Å²) in [6, 6.07) is 8.12. The molecule has 1 heterocycles. The number of benzene rings is 1. The number of amides is 1. The molecular weight excluding hydrogens is 412 g/mol. The Morgan fingerprint density at radius 2 is 1.81 bits per heavy atom. The van der Waals surface area contributed by atoms with Gasteiger partial charge in [0.05, 0.1) is 24.0 Å². The van der Waals surface area contributed by atoms with E-state index >= 15 is 0 Å². The van der Waals surface area contributed by atoms with Gasteiger partial charge in [-0.15, -0.1) is 0 Å². The van der Waals surface area contributed by atoms with Gasteiger partial charge in [0.15, 0.2) is 11.7 Å². The number of nitrogens with zero attached hydrogens (tertiary/aromatic N) is 1. The van der Waals surface area contributed by atoms with Crippen molar-refractivity contribution in [1.29, 1.82) is 0 Å². The molecule has 1 amide bonds. The lowest BCUT2D eigenvalue weighted by molar-refractivity contribution is -0.147. The number of aromatic nitrogens is 1. The molecule has 0 radical (unpaired) electrons. The number of nitrogens with one attached hydrogen (secondary N) is 1. The van der Waals surface area contributed by atoms with Gasteiger partial charge >= 0.3 is 11.9 Å². The van der Waals surface area contributed by atoms with Crippen LogP contribution in [0.4, 0.5) is 0 Å². The largest absolute Gasteiger partial charge is 0.481 e. The van der Waals surface area contributed by atoms with Crippen LogP contribution in [0.1, 0.15) is 57.8 Å². The summed E-state index contributed by atoms with van der Waals surface area (Å²) in [7, 11) is 0. The first-order valence-corrected chi connectivity index (χ1v) is 11.1. The number of carboxylic acids is 2. The van der Waals surface area contributed by atoms with E-state index in [-0.39, 0.29) is 24.6 Å². The molecule has 8 nitrogen and oxygen atoms in total. The van der Waals surface area contributed by atoms with Gasteiger partial charge in [-0.3, -0.25) is 9.59 Å². The molecule has 0 spiro atoms. The third-order valence-corrected chi connectivity index (χ3v) is 6.26. The third-order valence-electron chi connectivity index (χ3n) is 6.26. The second kappa shape index (κ2) is 10.4. The standard InChI is InChI=1S/C24H30N2O6/c1-2-8-17(21(27)28)14-24(11-6-7-12-24)23(31)26-18(22(29)30)13-20-25-15-19(32-20)16-9-4-3-5-10-16/h3-5,9-10,15,17-18H,2,6-8,11-14H2,1H3,(H,26,31)(H,27,28)(H,29,30)/t17-,18-/m1/s1. The molecule has 1 aliphatic rings. The summed E-state index contributed by atoms with van der Waals surface area (Å²) in [4.78, 5) is 41.0. The van der Waals surface area contributed by atoms with E-state index in [2.05, 4.69) is 10.3 Å². The molecule has 1 saturated carbocycles. The molecule has 172 valence electrons. The Kier molecular flexibility index (Phi) is 7.66. The van der Waals surface area contributed by atoms with Crippen LogP contribution in [-0.2, 0) is 20.8 Å². The predicted molar refractivity (Wildman–Crippen MR) is 117 cm³/mol. The predicted octanol–water partition coefficient (Wildman–Crippen LogP) is 3.90. The molecule has 3 rings (SSSR count). The highest BCUT2D eigenvalue weighted by atomic mass is 16.4. The Morgan fingerprint density at radius 3 is 2.41 bits per heavy atom. The molecule has 2 atom stereocenters. The van der Waals surface area contributed by atoms with E-state index in [0.29, 0.717) is 31.4 Å². The number of oxazole rings is 1. The third kappa shape index (κ3) is 5.55. The zero-order chi connectivity index (χ0) is 23.1. The zero-order valence-corrected chi connectivity index (χ0v) is 18.3. The van der Waals surface area contributed by atoms with Crippen LogP contribution >= 0.6 is 0 Å². The van der Waals surface area contributed by atoms with Gasteiger partial charge in [0, 0.05) is 5.56 Å². The van der Waals surface area contributed by atoms with Gasteiger partial charge < -0.3 is 19.9 Å². The Hall–Kier alpha value is -3.16. The molecule has 1 aliphatic carbocycles. The number of carbonyl (C=O) groups is 3. The van der Waals surface area contributed by atoms with Gasteiger partial charge in [-0.25, -0.2) is 9.78 Å². The smallest absolute Gasteiger partial charge is 0.326 e. The molecule has 8 heteroatoms. The summed E-state index contributed by atoms with van der Waals surface area (Å²) in [5.74, 6) is -2.37. The molecule has 0 saturated heterocycles. The van der Waals surface area contributed by atoms with Gasteiger partial charge in [-0.1, -0.05) is 56.5 Å². The molecule has 0 bridgehead atoms. The maximum atomic E-state index is 13.2. The Bertz CT molecular complexity index is 933. The molecule has 1 fully saturated rings. The van der Waals surface area contributed by atoms with Gasteiger partial charge in [-0.05, 0) is 25.7 Å². The highest BCUT2D eigenvalue weighted by molar-refractivity contribution is 5.88. The van der Waals surface area contributed by atoms with Crippen LogP contribution in [0, 0.1) is 11.3 Å². The topological polar surface area (TPSA) is 130 Å². The second-order valence-corrected chi connectivity index (χ2v) is 8.57. The van der Waals surface area contributed by atoms with Crippen LogP contribution in [0.5, 0.6) is 0 Å². The van der Waals surface area contributed by atoms with Crippen molar-refractivity contribution in [3.63, 3.8) is 0 Å². The molecule has 3 N–H and O–H groups in total. The number of hydrogen-bond donors (Lipinski definition) is 3. The maximum absolute atomic E-state index is 13.2. The molecule has 1 aromatic heterocycles. The first-order valence-electron chi connectivity index (χ1n) is 11.1. The zero-order valence-electron chi connectivity index (χ0n) is 18.3. The van der Waals surface area contributed by atoms with E-state index in [4.69, 9.17) is 4.42 Å². The molecule has 0 unspecified atom stereocenters. The van der Waals surface area contributed by atoms with E-state index in [0.717, 1.165) is 18.4 Å². The summed E-state index contributed by atoms with van der Waals surface area (Å²) in [6.07, 6.45) is 5.64. The van der Waals surface area contributed by atoms with Crippen molar-refractivity contribution in [2.75, 3.05) is 0 Å². The van der Waals surface area contributed by atoms with Gasteiger partial charge in [0.1, 0.15) is 6.04 Å². The first-order chi connectivity index (χ1) is 15.3. The van der Waals surface area contributed by atoms with Crippen LogP contribution in [0.2, 0.25) is 0 Å². The van der Waals surface area contributed by atoms with E-state index in [1.807, 2.05) is 37.3 Å². The van der Waals surface area contributed by atoms with Crippen LogP contribution < -0.4 is 5.32 Å². The van der Waals surface area contributed by atoms with Crippen molar-refractivity contribution < 1.29 is 29.0 Å². The Morgan fingerprint density at radius 1 is 1.12 bits per heavy atom. The van der Waals surface area contributed by atoms with Gasteiger partial charge in [0.2, 0.25) is 5.91 Å². The minimum Gasteiger partial charge on any atom is -0.481 e. The highest BCUT2D eigenvalue weighted by Crippen LogP contribution is 2.44. The van der Waals surface area contributed by atoms with E-state index in [1.165, 1.54) is 6.20 Å². The van der Waals surface area contributed by atoms with E-state index in [1.54, 1.807) is 0 Å². The van der Waals surface area contributed by atoms with Gasteiger partial charge in [-0.2, -0.15) is 0 Å². The van der Waals surface area contributed by atoms with Crippen LogP contribution in [-0.4, -0.2) is 39.1 Å². The van der Waals surface area contributed by atoms with Crippen molar-refractivity contribution in [2.24, 2.45) is 11.3 Å². The SMILES string of the molecule is CCC[C@H](CC1(C(=O)N[C@H](Cc2ncc(-c3ccccc3)o2)C(=O)O)CCCC1)C(=O)O. The van der Waals surface area contributed by atoms with Crippen molar-refractivity contribution in [2.45, 2.75) is 64.3 Å². The lowest BCUT2D eigenvalue weighted by atomic mass is 9.75. The van der Waals surface area contributed by atoms with E-state index < -0.39 is 29.3 Å². The Balaban J connectivity index is 1.73. The average Bonchev–Trinajstić information content (AvgIpc) is 3.44. The van der Waals surface area contributed by atoms with Gasteiger partial charge in [0.25, 0.3) is 0 Å². The minimum atomic E-state index is -1.21. The number of aliphatic carboxylic acids is 2. The number of hydrogen-bond acceptors (Lipinski definition) is 5. The maximum Gasteiger partial charge on any atom is 0.326 e. The summed E-state index contributed by atoms with van der Waals surface area (Å²) >= 11 is 0. The van der Waals surface area contributed by atoms with Crippen LogP contribution in [0.25, 0.3) is 11.3 Å². The fraction of sp³-hybridized carbons (Fsp3) is 0.500. The van der Waals surface area contributed by atoms with Crippen LogP contribution in [0.3, 0.4) is 0 Å². The lowest BCUT2D eigenvalue weighted by Crippen LogP contribution is -2.49. The van der Waals surface area contributed by atoms with E-state index in [9.17, 15) is 24.6 Å². The first kappa shape index (κ1) is 23.5. The van der Waals surface area contributed by atoms with Crippen molar-refractivity contribution in [1.82, 2.24) is 10.3 Å². The lowest BCUT2D eigenvalue weighted by Gasteiger charge is -2.31. The number of carboxylic acid groups (broad SMARTS) is 2. The summed E-state index contributed by atoms with van der Waals surface area (Å²) in [6.45, 7) is 1.91. The fourth-order valence-corrected chi connectivity index (χ4v) is 4.54. The molecule has 0 aliphatic heterocycles. The average molecular weight is 443 g/mol. The molecule has 1 aromatic carbocycles. The van der Waals surface area contributed by atoms with Crippen molar-refractivity contribution in [3.8, 4) is 11.3 Å². The summed E-state index contributed by atoms with van der Waals surface area (Å²) in [5.41, 5.74) is -0.0275. The fourth-order valence-electron chi connectivity index (χ4n) is 4.54. The summed E-state index contributed by atoms with van der Waals surface area (Å²) in [5, 5.41) is 21.9. The molecule has 2 aromatic rings.